The summed E-state index contributed by atoms with van der Waals surface area (Å²) in [6.45, 7) is 4.35. The monoisotopic (exact) mass is 378 g/mol. The summed E-state index contributed by atoms with van der Waals surface area (Å²) in [5, 5.41) is 11.1. The van der Waals surface area contributed by atoms with E-state index >= 15 is 0 Å². The molecule has 1 aliphatic rings. The maximum absolute atomic E-state index is 11.0. The second-order valence-electron chi connectivity index (χ2n) is 6.75. The summed E-state index contributed by atoms with van der Waals surface area (Å²) in [6, 6.07) is 7.05. The van der Waals surface area contributed by atoms with Crippen LogP contribution < -0.4 is 4.90 Å². The Morgan fingerprint density at radius 2 is 2.11 bits per heavy atom. The van der Waals surface area contributed by atoms with E-state index in [0.717, 1.165) is 16.5 Å². The van der Waals surface area contributed by atoms with Crippen LogP contribution in [0.4, 0.5) is 5.82 Å². The van der Waals surface area contributed by atoms with E-state index in [1.165, 1.54) is 0 Å². The molecule has 4 aromatic rings. The number of ether oxygens (including phenoxy) is 1. The number of benzene rings is 1. The molecule has 0 amide bonds. The first-order valence-corrected chi connectivity index (χ1v) is 9.13. The molecule has 9 nitrogen and oxygen atoms in total. The van der Waals surface area contributed by atoms with Crippen LogP contribution in [-0.2, 0) is 4.74 Å². The molecule has 0 radical (unpaired) electrons. The predicted octanol–water partition coefficient (Wildman–Crippen LogP) is 3.43. The Bertz CT molecular complexity index is 1160. The number of nitrogens with one attached hydrogen (secondary N) is 1. The second-order valence-corrected chi connectivity index (χ2v) is 6.75. The van der Waals surface area contributed by atoms with Crippen LogP contribution in [0.15, 0.2) is 40.1 Å². The number of nitrogens with zero attached hydrogens (tertiary/aromatic N) is 5. The van der Waals surface area contributed by atoms with Gasteiger partial charge in [0.1, 0.15) is 17.3 Å². The molecular formula is C19H18N6O3. The summed E-state index contributed by atoms with van der Waals surface area (Å²) in [6.07, 6.45) is 1.77. The quantitative estimate of drug-likeness (QED) is 0.542. The van der Waals surface area contributed by atoms with Crippen LogP contribution in [0.3, 0.4) is 0 Å². The fourth-order valence-corrected chi connectivity index (χ4v) is 3.46. The zero-order valence-electron chi connectivity index (χ0n) is 15.3. The molecular weight excluding hydrogens is 360 g/mol. The molecule has 1 atom stereocenters. The lowest BCUT2D eigenvalue weighted by Crippen LogP contribution is -2.37. The van der Waals surface area contributed by atoms with Gasteiger partial charge in [0, 0.05) is 30.1 Å². The minimum atomic E-state index is -0.590. The van der Waals surface area contributed by atoms with E-state index in [4.69, 9.17) is 19.1 Å². The third kappa shape index (κ3) is 2.71. The van der Waals surface area contributed by atoms with Gasteiger partial charge < -0.3 is 14.1 Å². The van der Waals surface area contributed by atoms with E-state index in [1.54, 1.807) is 19.2 Å². The minimum absolute atomic E-state index is 0.479. The van der Waals surface area contributed by atoms with Crippen LogP contribution in [0.1, 0.15) is 18.7 Å². The zero-order chi connectivity index (χ0) is 19.1. The lowest BCUT2D eigenvalue weighted by Gasteiger charge is -2.27. The largest absolute Gasteiger partial charge is 0.453 e. The van der Waals surface area contributed by atoms with Gasteiger partial charge >= 0.3 is 0 Å². The summed E-state index contributed by atoms with van der Waals surface area (Å²) in [7, 11) is 0. The van der Waals surface area contributed by atoms with Gasteiger partial charge in [0.25, 0.3) is 0 Å². The van der Waals surface area contributed by atoms with Gasteiger partial charge in [0.15, 0.2) is 17.2 Å². The molecule has 1 aliphatic heterocycles. The Kier molecular flexibility index (Phi) is 4.01. The number of nitroso groups, excluding NO2 is 1. The van der Waals surface area contributed by atoms with E-state index in [1.807, 2.05) is 18.2 Å². The number of furan rings is 1. The second kappa shape index (κ2) is 6.68. The van der Waals surface area contributed by atoms with Gasteiger partial charge in [-0.2, -0.15) is 10.0 Å². The van der Waals surface area contributed by atoms with Crippen LogP contribution >= 0.6 is 0 Å². The molecule has 1 fully saturated rings. The van der Waals surface area contributed by atoms with Crippen molar-refractivity contribution in [3.05, 3.63) is 41.1 Å². The highest BCUT2D eigenvalue weighted by molar-refractivity contribution is 5.95. The molecule has 0 spiro atoms. The third-order valence-corrected chi connectivity index (χ3v) is 4.98. The molecule has 0 bridgehead atoms. The molecule has 1 N–H and O–H groups in total. The van der Waals surface area contributed by atoms with Crippen molar-refractivity contribution >= 4 is 27.8 Å². The van der Waals surface area contributed by atoms with Crippen molar-refractivity contribution in [2.75, 3.05) is 31.2 Å². The Labute approximate surface area is 159 Å². The molecule has 4 heterocycles. The summed E-state index contributed by atoms with van der Waals surface area (Å²) < 4.78 is 11.4. The maximum atomic E-state index is 11.0. The van der Waals surface area contributed by atoms with E-state index in [0.29, 0.717) is 54.8 Å². The lowest BCUT2D eigenvalue weighted by atomic mass is 10.1. The van der Waals surface area contributed by atoms with Crippen LogP contribution in [0, 0.1) is 4.91 Å². The Balaban J connectivity index is 1.73. The van der Waals surface area contributed by atoms with E-state index in [9.17, 15) is 4.91 Å². The number of rotatable bonds is 4. The van der Waals surface area contributed by atoms with Crippen LogP contribution in [0.25, 0.3) is 33.4 Å². The predicted molar refractivity (Wildman–Crippen MR) is 104 cm³/mol. The number of morpholine rings is 1. The molecule has 1 saturated heterocycles. The van der Waals surface area contributed by atoms with E-state index < -0.39 is 6.04 Å². The molecule has 142 valence electrons. The summed E-state index contributed by atoms with van der Waals surface area (Å²) in [5.74, 6) is 1.76. The minimum Gasteiger partial charge on any atom is -0.453 e. The third-order valence-electron chi connectivity index (χ3n) is 4.98. The lowest BCUT2D eigenvalue weighted by molar-refractivity contribution is 0.122. The Hall–Kier alpha value is -3.33. The number of hydrogen-bond acceptors (Lipinski definition) is 8. The molecule has 0 unspecified atom stereocenters. The van der Waals surface area contributed by atoms with Gasteiger partial charge in [-0.1, -0.05) is 17.3 Å². The van der Waals surface area contributed by atoms with E-state index in [-0.39, 0.29) is 0 Å². The summed E-state index contributed by atoms with van der Waals surface area (Å²) in [4.78, 5) is 22.7. The molecule has 3 aromatic heterocycles. The SMILES string of the molecule is C[C@@H](N=O)c1cc2nc(-c3cccc4[nH]ncc34)nc(N3CCOCC3)c2o1. The first kappa shape index (κ1) is 16.8. The van der Waals surface area contributed by atoms with Crippen molar-refractivity contribution in [1.82, 2.24) is 20.2 Å². The highest BCUT2D eigenvalue weighted by Crippen LogP contribution is 2.34. The van der Waals surface area contributed by atoms with Crippen molar-refractivity contribution in [2.24, 2.45) is 5.18 Å². The number of anilines is 1. The summed E-state index contributed by atoms with van der Waals surface area (Å²) in [5.41, 5.74) is 3.01. The molecule has 0 saturated carbocycles. The van der Waals surface area contributed by atoms with Gasteiger partial charge in [0.05, 0.1) is 24.9 Å². The van der Waals surface area contributed by atoms with Crippen molar-refractivity contribution in [3.8, 4) is 11.4 Å². The average Bonchev–Trinajstić information content (AvgIpc) is 3.39. The Morgan fingerprint density at radius 3 is 2.93 bits per heavy atom. The van der Waals surface area contributed by atoms with Crippen molar-refractivity contribution < 1.29 is 9.15 Å². The molecule has 9 heteroatoms. The van der Waals surface area contributed by atoms with Crippen LogP contribution in [0.2, 0.25) is 0 Å². The molecule has 5 rings (SSSR count). The smallest absolute Gasteiger partial charge is 0.195 e. The number of aromatic amines is 1. The fourth-order valence-electron chi connectivity index (χ4n) is 3.46. The van der Waals surface area contributed by atoms with Gasteiger partial charge in [-0.3, -0.25) is 5.10 Å². The normalized spacial score (nSPS) is 16.0. The highest BCUT2D eigenvalue weighted by atomic mass is 16.5. The molecule has 0 aliphatic carbocycles. The average molecular weight is 378 g/mol. The van der Waals surface area contributed by atoms with Gasteiger partial charge in [-0.15, -0.1) is 0 Å². The van der Waals surface area contributed by atoms with E-state index in [2.05, 4.69) is 20.3 Å². The topological polar surface area (TPSA) is 110 Å². The Morgan fingerprint density at radius 1 is 1.25 bits per heavy atom. The molecule has 28 heavy (non-hydrogen) atoms. The first-order valence-electron chi connectivity index (χ1n) is 9.13. The number of aromatic nitrogens is 4. The first-order chi connectivity index (χ1) is 13.7. The van der Waals surface area contributed by atoms with Crippen LogP contribution in [-0.4, -0.2) is 46.5 Å². The van der Waals surface area contributed by atoms with Gasteiger partial charge in [0.2, 0.25) is 0 Å². The van der Waals surface area contributed by atoms with Gasteiger partial charge in [-0.25, -0.2) is 9.97 Å². The number of fused-ring (bicyclic) bond motifs is 2. The zero-order valence-corrected chi connectivity index (χ0v) is 15.3. The standard InChI is InChI=1S/C19H18N6O3/c1-11(24-26)16-9-15-17(28-16)19(25-5-7-27-8-6-25)22-18(21-15)12-3-2-4-14-13(12)10-20-23-14/h2-4,9-11H,5-8H2,1H3,(H,20,23)/t11-/m1/s1. The van der Waals surface area contributed by atoms with Crippen LogP contribution in [0.5, 0.6) is 0 Å². The summed E-state index contributed by atoms with van der Waals surface area (Å²) >= 11 is 0. The molecule has 1 aromatic carbocycles. The van der Waals surface area contributed by atoms with Gasteiger partial charge in [-0.05, 0) is 13.0 Å². The van der Waals surface area contributed by atoms with Crippen molar-refractivity contribution in [1.29, 1.82) is 0 Å². The highest BCUT2D eigenvalue weighted by Gasteiger charge is 2.23. The maximum Gasteiger partial charge on any atom is 0.195 e. The van der Waals surface area contributed by atoms with Crippen molar-refractivity contribution in [3.63, 3.8) is 0 Å². The van der Waals surface area contributed by atoms with Crippen molar-refractivity contribution in [2.45, 2.75) is 13.0 Å². The number of H-pyrrole nitrogens is 1. The fraction of sp³-hybridized carbons (Fsp3) is 0.316. The number of hydrogen-bond donors (Lipinski definition) is 1.